The molecule has 1 fully saturated rings. The van der Waals surface area contributed by atoms with Gasteiger partial charge in [-0.2, -0.15) is 0 Å². The Balaban J connectivity index is 0.00000225. The van der Waals surface area contributed by atoms with Gasteiger partial charge in [-0.1, -0.05) is 41.9 Å². The molecule has 1 aromatic heterocycles. The van der Waals surface area contributed by atoms with Crippen LogP contribution in [0.3, 0.4) is 0 Å². The normalized spacial score (nSPS) is 18.8. The van der Waals surface area contributed by atoms with Gasteiger partial charge in [0.05, 0.1) is 4.34 Å². The molecule has 0 spiro atoms. The minimum atomic E-state index is -0.577. The van der Waals surface area contributed by atoms with E-state index in [9.17, 15) is 5.11 Å². The van der Waals surface area contributed by atoms with Crippen molar-refractivity contribution in [2.45, 2.75) is 18.4 Å². The molecule has 2 unspecified atom stereocenters. The van der Waals surface area contributed by atoms with Crippen molar-refractivity contribution in [2.24, 2.45) is 4.99 Å². The summed E-state index contributed by atoms with van der Waals surface area (Å²) in [7, 11) is 1.78. The fourth-order valence-electron chi connectivity index (χ4n) is 3.08. The number of guanidine groups is 1. The van der Waals surface area contributed by atoms with E-state index in [4.69, 9.17) is 11.6 Å². The van der Waals surface area contributed by atoms with Gasteiger partial charge < -0.3 is 15.3 Å². The molecule has 1 saturated heterocycles. The molecule has 2 N–H and O–H groups in total. The Kier molecular flexibility index (Phi) is 7.99. The van der Waals surface area contributed by atoms with Crippen molar-refractivity contribution in [3.05, 3.63) is 57.2 Å². The summed E-state index contributed by atoms with van der Waals surface area (Å²) in [5.74, 6) is 1.38. The van der Waals surface area contributed by atoms with Crippen LogP contribution in [0.1, 0.15) is 28.9 Å². The van der Waals surface area contributed by atoms with Crippen LogP contribution in [0.5, 0.6) is 0 Å². The minimum Gasteiger partial charge on any atom is -0.386 e. The third-order valence-corrected chi connectivity index (χ3v) is 5.68. The number of likely N-dealkylation sites (tertiary alicyclic amines) is 1. The zero-order valence-corrected chi connectivity index (χ0v) is 18.0. The molecule has 0 amide bonds. The third kappa shape index (κ3) is 5.32. The highest BCUT2D eigenvalue weighted by molar-refractivity contribution is 14.0. The molecular weight excluding hydrogens is 469 g/mol. The van der Waals surface area contributed by atoms with E-state index in [0.717, 1.165) is 30.3 Å². The summed E-state index contributed by atoms with van der Waals surface area (Å²) in [5.41, 5.74) is 1.38. The Labute approximate surface area is 174 Å². The average Bonchev–Trinajstić information content (AvgIpc) is 3.25. The molecule has 0 saturated carbocycles. The number of thiophene rings is 1. The first-order chi connectivity index (χ1) is 11.7. The highest BCUT2D eigenvalue weighted by Crippen LogP contribution is 2.28. The van der Waals surface area contributed by atoms with Crippen molar-refractivity contribution in [3.63, 3.8) is 0 Å². The second-order valence-corrected chi connectivity index (χ2v) is 7.67. The van der Waals surface area contributed by atoms with Gasteiger partial charge in [-0.15, -0.1) is 35.3 Å². The second-order valence-electron chi connectivity index (χ2n) is 5.93. The number of aliphatic imine (C=N–C) groups is 1. The molecule has 136 valence electrons. The first kappa shape index (κ1) is 20.5. The SMILES string of the molecule is CN=C(NCC(O)c1ccc(Cl)s1)N1CCC(c2ccccc2)C1.I. The van der Waals surface area contributed by atoms with Gasteiger partial charge in [0.2, 0.25) is 0 Å². The Hall–Kier alpha value is -0.830. The molecule has 3 rings (SSSR count). The fourth-order valence-corrected chi connectivity index (χ4v) is 4.13. The maximum absolute atomic E-state index is 10.3. The molecule has 1 aliphatic heterocycles. The molecule has 0 aliphatic carbocycles. The van der Waals surface area contributed by atoms with E-state index in [1.54, 1.807) is 7.05 Å². The van der Waals surface area contributed by atoms with Crippen molar-refractivity contribution in [2.75, 3.05) is 26.7 Å². The first-order valence-electron chi connectivity index (χ1n) is 8.11. The lowest BCUT2D eigenvalue weighted by molar-refractivity contribution is 0.183. The largest absolute Gasteiger partial charge is 0.386 e. The summed E-state index contributed by atoms with van der Waals surface area (Å²) in [6, 6.07) is 14.3. The molecule has 4 nitrogen and oxygen atoms in total. The predicted molar refractivity (Wildman–Crippen MR) is 116 cm³/mol. The van der Waals surface area contributed by atoms with Crippen molar-refractivity contribution in [1.29, 1.82) is 0 Å². The highest BCUT2D eigenvalue weighted by atomic mass is 127. The molecule has 2 aromatic rings. The van der Waals surface area contributed by atoms with Crippen LogP contribution in [0.25, 0.3) is 0 Å². The topological polar surface area (TPSA) is 47.9 Å². The van der Waals surface area contributed by atoms with Crippen molar-refractivity contribution < 1.29 is 5.11 Å². The van der Waals surface area contributed by atoms with Gasteiger partial charge in [0.25, 0.3) is 0 Å². The van der Waals surface area contributed by atoms with E-state index >= 15 is 0 Å². The van der Waals surface area contributed by atoms with Gasteiger partial charge in [0, 0.05) is 37.5 Å². The molecule has 7 heteroatoms. The maximum atomic E-state index is 10.3. The van der Waals surface area contributed by atoms with Crippen LogP contribution in [0.4, 0.5) is 0 Å². The first-order valence-corrected chi connectivity index (χ1v) is 9.30. The number of hydrogen-bond donors (Lipinski definition) is 2. The molecule has 1 aromatic carbocycles. The zero-order chi connectivity index (χ0) is 16.9. The lowest BCUT2D eigenvalue weighted by Gasteiger charge is -2.23. The van der Waals surface area contributed by atoms with E-state index in [2.05, 4.69) is 45.5 Å². The Morgan fingerprint density at radius 1 is 1.36 bits per heavy atom. The van der Waals surface area contributed by atoms with E-state index in [0.29, 0.717) is 16.8 Å². The smallest absolute Gasteiger partial charge is 0.193 e. The van der Waals surface area contributed by atoms with Crippen LogP contribution in [-0.4, -0.2) is 42.6 Å². The average molecular weight is 492 g/mol. The van der Waals surface area contributed by atoms with Crippen LogP contribution in [0.15, 0.2) is 47.5 Å². The number of aliphatic hydroxyl groups is 1. The van der Waals surface area contributed by atoms with E-state index < -0.39 is 6.10 Å². The summed E-state index contributed by atoms with van der Waals surface area (Å²) in [6.07, 6.45) is 0.542. The van der Waals surface area contributed by atoms with Crippen LogP contribution in [-0.2, 0) is 0 Å². The number of rotatable bonds is 4. The molecule has 1 aliphatic rings. The van der Waals surface area contributed by atoms with Gasteiger partial charge in [0.1, 0.15) is 6.10 Å². The second kappa shape index (κ2) is 9.75. The molecule has 2 heterocycles. The quantitative estimate of drug-likeness (QED) is 0.384. The molecule has 0 radical (unpaired) electrons. The highest BCUT2D eigenvalue weighted by Gasteiger charge is 2.26. The summed E-state index contributed by atoms with van der Waals surface area (Å²) >= 11 is 7.33. The van der Waals surface area contributed by atoms with Crippen molar-refractivity contribution in [3.8, 4) is 0 Å². The van der Waals surface area contributed by atoms with Crippen molar-refractivity contribution in [1.82, 2.24) is 10.2 Å². The van der Waals surface area contributed by atoms with Crippen LogP contribution in [0.2, 0.25) is 4.34 Å². The van der Waals surface area contributed by atoms with Gasteiger partial charge in [-0.3, -0.25) is 4.99 Å². The van der Waals surface area contributed by atoms with Gasteiger partial charge in [-0.25, -0.2) is 0 Å². The monoisotopic (exact) mass is 491 g/mol. The van der Waals surface area contributed by atoms with Crippen LogP contribution >= 0.6 is 46.9 Å². The fraction of sp³-hybridized carbons (Fsp3) is 0.389. The molecule has 0 bridgehead atoms. The number of nitrogens with one attached hydrogen (secondary N) is 1. The number of halogens is 2. The van der Waals surface area contributed by atoms with E-state index in [1.807, 2.05) is 12.1 Å². The number of hydrogen-bond acceptors (Lipinski definition) is 3. The lowest BCUT2D eigenvalue weighted by atomic mass is 9.99. The number of nitrogens with zero attached hydrogens (tertiary/aromatic N) is 2. The minimum absolute atomic E-state index is 0. The van der Waals surface area contributed by atoms with Gasteiger partial charge in [0.15, 0.2) is 5.96 Å². The third-order valence-electron chi connectivity index (χ3n) is 4.35. The number of aliphatic hydroxyl groups excluding tert-OH is 1. The Bertz CT molecular complexity index is 695. The predicted octanol–water partition coefficient (Wildman–Crippen LogP) is 4.12. The summed E-state index contributed by atoms with van der Waals surface area (Å²) < 4.78 is 0.693. The van der Waals surface area contributed by atoms with Crippen molar-refractivity contribution >= 4 is 52.9 Å². The Morgan fingerprint density at radius 2 is 2.12 bits per heavy atom. The Morgan fingerprint density at radius 3 is 2.76 bits per heavy atom. The number of benzene rings is 1. The summed E-state index contributed by atoms with van der Waals surface area (Å²) in [4.78, 5) is 7.49. The molecule has 2 atom stereocenters. The molecule has 25 heavy (non-hydrogen) atoms. The lowest BCUT2D eigenvalue weighted by Crippen LogP contribution is -2.41. The standard InChI is InChI=1S/C18H22ClN3OS.HI/c1-20-18(21-11-15(23)16-7-8-17(19)24-16)22-10-9-14(12-22)13-5-3-2-4-6-13;/h2-8,14-15,23H,9-12H2,1H3,(H,20,21);1H. The maximum Gasteiger partial charge on any atom is 0.193 e. The summed E-state index contributed by atoms with van der Waals surface area (Å²) in [5, 5.41) is 13.5. The van der Waals surface area contributed by atoms with E-state index in [1.165, 1.54) is 16.9 Å². The summed E-state index contributed by atoms with van der Waals surface area (Å²) in [6.45, 7) is 2.35. The van der Waals surface area contributed by atoms with Crippen LogP contribution in [0, 0.1) is 0 Å². The zero-order valence-electron chi connectivity index (χ0n) is 14.1. The van der Waals surface area contributed by atoms with E-state index in [-0.39, 0.29) is 24.0 Å². The van der Waals surface area contributed by atoms with Gasteiger partial charge >= 0.3 is 0 Å². The van der Waals surface area contributed by atoms with Crippen LogP contribution < -0.4 is 5.32 Å². The van der Waals surface area contributed by atoms with Gasteiger partial charge in [-0.05, 0) is 24.1 Å². The molecular formula is C18H23ClIN3OS.